The summed E-state index contributed by atoms with van der Waals surface area (Å²) in [7, 11) is 0. The molecule has 1 aromatic carbocycles. The molecule has 0 atom stereocenters. The number of alkyl halides is 1. The summed E-state index contributed by atoms with van der Waals surface area (Å²) < 4.78 is 0. The van der Waals surface area contributed by atoms with E-state index in [1.807, 2.05) is 13.8 Å². The number of benzene rings is 1. The molecule has 1 N–H and O–H groups in total. The molecule has 100 valence electrons. The average molecular weight is 270 g/mol. The van der Waals surface area contributed by atoms with Crippen LogP contribution in [0, 0.1) is 6.92 Å². The number of halogens is 1. The summed E-state index contributed by atoms with van der Waals surface area (Å²) in [5.41, 5.74) is 1.28. The number of aromatic hydroxyl groups is 1. The minimum atomic E-state index is -0.0644. The van der Waals surface area contributed by atoms with Crippen LogP contribution < -0.4 is 0 Å². The normalized spacial score (nSPS) is 10.7. The van der Waals surface area contributed by atoms with E-state index in [4.69, 9.17) is 11.6 Å². The van der Waals surface area contributed by atoms with Crippen LogP contribution in [0.15, 0.2) is 18.2 Å². The number of carbonyl (C=O) groups is 1. The first kappa shape index (κ1) is 14.8. The van der Waals surface area contributed by atoms with Crippen LogP contribution in [-0.2, 0) is 0 Å². The van der Waals surface area contributed by atoms with Crippen molar-refractivity contribution in [1.82, 2.24) is 4.90 Å². The van der Waals surface area contributed by atoms with Crippen molar-refractivity contribution in [3.63, 3.8) is 0 Å². The monoisotopic (exact) mass is 269 g/mol. The topological polar surface area (TPSA) is 40.5 Å². The smallest absolute Gasteiger partial charge is 0.254 e. The zero-order valence-electron chi connectivity index (χ0n) is 11.1. The molecular weight excluding hydrogens is 250 g/mol. The third kappa shape index (κ3) is 3.64. The number of phenols is 1. The molecular formula is C14H20ClNO2. The second-order valence-corrected chi connectivity index (χ2v) is 5.01. The third-order valence-electron chi connectivity index (χ3n) is 2.87. The number of amides is 1. The van der Waals surface area contributed by atoms with Crippen LogP contribution in [0.2, 0.25) is 0 Å². The minimum absolute atomic E-state index is 0.0644. The van der Waals surface area contributed by atoms with Crippen molar-refractivity contribution in [2.45, 2.75) is 33.2 Å². The predicted molar refractivity (Wildman–Crippen MR) is 74.4 cm³/mol. The Kier molecular flexibility index (Phi) is 5.48. The summed E-state index contributed by atoms with van der Waals surface area (Å²) in [6.07, 6.45) is 0.767. The number of aryl methyl sites for hydroxylation is 1. The molecule has 1 aromatic rings. The molecule has 0 saturated carbocycles. The van der Waals surface area contributed by atoms with E-state index in [9.17, 15) is 9.90 Å². The van der Waals surface area contributed by atoms with Crippen LogP contribution in [0.1, 0.15) is 36.2 Å². The standard InChI is InChI=1S/C14H20ClNO2/c1-10(2)16(8-4-7-15)14(18)12-6-5-11(3)13(17)9-12/h5-6,9-10,17H,4,7-8H2,1-3H3. The average Bonchev–Trinajstić information content (AvgIpc) is 2.32. The molecule has 0 bridgehead atoms. The first-order chi connectivity index (χ1) is 8.47. The number of carbonyl (C=O) groups excluding carboxylic acids is 1. The number of hydrogen-bond donors (Lipinski definition) is 1. The molecule has 0 heterocycles. The number of rotatable bonds is 5. The van der Waals surface area contributed by atoms with Crippen LogP contribution in [0.4, 0.5) is 0 Å². The highest BCUT2D eigenvalue weighted by Crippen LogP contribution is 2.19. The Morgan fingerprint density at radius 2 is 2.11 bits per heavy atom. The fourth-order valence-corrected chi connectivity index (χ4v) is 1.85. The molecule has 0 unspecified atom stereocenters. The fourth-order valence-electron chi connectivity index (χ4n) is 1.73. The molecule has 0 saturated heterocycles. The molecule has 0 aliphatic carbocycles. The SMILES string of the molecule is Cc1ccc(C(=O)N(CCCCl)C(C)C)cc1O. The van der Waals surface area contributed by atoms with E-state index in [0.717, 1.165) is 12.0 Å². The second kappa shape index (κ2) is 6.64. The molecule has 0 radical (unpaired) electrons. The lowest BCUT2D eigenvalue weighted by atomic mass is 10.1. The van der Waals surface area contributed by atoms with E-state index in [0.29, 0.717) is 18.0 Å². The van der Waals surface area contributed by atoms with Gasteiger partial charge in [-0.2, -0.15) is 0 Å². The van der Waals surface area contributed by atoms with Crippen LogP contribution >= 0.6 is 11.6 Å². The quantitative estimate of drug-likeness (QED) is 0.834. The van der Waals surface area contributed by atoms with Crippen LogP contribution in [-0.4, -0.2) is 34.4 Å². The van der Waals surface area contributed by atoms with Crippen LogP contribution in [0.25, 0.3) is 0 Å². The van der Waals surface area contributed by atoms with E-state index >= 15 is 0 Å². The van der Waals surface area contributed by atoms with E-state index in [-0.39, 0.29) is 17.7 Å². The van der Waals surface area contributed by atoms with Gasteiger partial charge in [-0.05, 0) is 44.9 Å². The fraction of sp³-hybridized carbons (Fsp3) is 0.500. The highest BCUT2D eigenvalue weighted by Gasteiger charge is 2.18. The van der Waals surface area contributed by atoms with Gasteiger partial charge >= 0.3 is 0 Å². The lowest BCUT2D eigenvalue weighted by Crippen LogP contribution is -2.37. The highest BCUT2D eigenvalue weighted by molar-refractivity contribution is 6.17. The molecule has 0 aromatic heterocycles. The Morgan fingerprint density at radius 1 is 1.44 bits per heavy atom. The van der Waals surface area contributed by atoms with Crippen molar-refractivity contribution in [2.75, 3.05) is 12.4 Å². The zero-order valence-corrected chi connectivity index (χ0v) is 11.9. The predicted octanol–water partition coefficient (Wildman–Crippen LogP) is 3.18. The van der Waals surface area contributed by atoms with Crippen LogP contribution in [0.3, 0.4) is 0 Å². The Bertz CT molecular complexity index is 418. The van der Waals surface area contributed by atoms with Gasteiger partial charge in [0.15, 0.2) is 0 Å². The molecule has 0 aliphatic rings. The molecule has 3 nitrogen and oxygen atoms in total. The lowest BCUT2D eigenvalue weighted by molar-refractivity contribution is 0.0706. The second-order valence-electron chi connectivity index (χ2n) is 4.64. The Hall–Kier alpha value is -1.22. The molecule has 0 spiro atoms. The van der Waals surface area contributed by atoms with Gasteiger partial charge in [0.05, 0.1) is 0 Å². The van der Waals surface area contributed by atoms with Gasteiger partial charge < -0.3 is 10.0 Å². The van der Waals surface area contributed by atoms with Gasteiger partial charge in [-0.15, -0.1) is 11.6 Å². The van der Waals surface area contributed by atoms with E-state index < -0.39 is 0 Å². The maximum Gasteiger partial charge on any atom is 0.254 e. The van der Waals surface area contributed by atoms with Crippen molar-refractivity contribution < 1.29 is 9.90 Å². The van der Waals surface area contributed by atoms with Gasteiger partial charge in [0.2, 0.25) is 0 Å². The minimum Gasteiger partial charge on any atom is -0.508 e. The van der Waals surface area contributed by atoms with Crippen molar-refractivity contribution in [3.05, 3.63) is 29.3 Å². The van der Waals surface area contributed by atoms with Crippen molar-refractivity contribution in [2.24, 2.45) is 0 Å². The lowest BCUT2D eigenvalue weighted by Gasteiger charge is -2.26. The molecule has 0 fully saturated rings. The molecule has 0 aliphatic heterocycles. The van der Waals surface area contributed by atoms with Gasteiger partial charge in [-0.25, -0.2) is 0 Å². The molecule has 4 heteroatoms. The number of hydrogen-bond acceptors (Lipinski definition) is 2. The van der Waals surface area contributed by atoms with E-state index in [1.54, 1.807) is 24.0 Å². The Morgan fingerprint density at radius 3 is 2.61 bits per heavy atom. The first-order valence-electron chi connectivity index (χ1n) is 6.14. The van der Waals surface area contributed by atoms with E-state index in [2.05, 4.69) is 0 Å². The highest BCUT2D eigenvalue weighted by atomic mass is 35.5. The van der Waals surface area contributed by atoms with Crippen molar-refractivity contribution in [3.8, 4) is 5.75 Å². The number of phenolic OH excluding ortho intramolecular Hbond substituents is 1. The van der Waals surface area contributed by atoms with Gasteiger partial charge in [-0.3, -0.25) is 4.79 Å². The number of nitrogens with zero attached hydrogens (tertiary/aromatic N) is 1. The summed E-state index contributed by atoms with van der Waals surface area (Å²) >= 11 is 5.67. The van der Waals surface area contributed by atoms with Gasteiger partial charge in [0.1, 0.15) is 5.75 Å². The van der Waals surface area contributed by atoms with E-state index in [1.165, 1.54) is 6.07 Å². The molecule has 18 heavy (non-hydrogen) atoms. The largest absolute Gasteiger partial charge is 0.508 e. The first-order valence-corrected chi connectivity index (χ1v) is 6.67. The maximum atomic E-state index is 12.3. The Balaban J connectivity index is 2.91. The molecule has 1 amide bonds. The third-order valence-corrected chi connectivity index (χ3v) is 3.14. The van der Waals surface area contributed by atoms with Gasteiger partial charge in [-0.1, -0.05) is 6.07 Å². The summed E-state index contributed by atoms with van der Waals surface area (Å²) in [6, 6.07) is 5.13. The van der Waals surface area contributed by atoms with Crippen molar-refractivity contribution in [1.29, 1.82) is 0 Å². The summed E-state index contributed by atoms with van der Waals surface area (Å²) in [6.45, 7) is 6.38. The van der Waals surface area contributed by atoms with Gasteiger partial charge in [0, 0.05) is 24.0 Å². The van der Waals surface area contributed by atoms with Crippen molar-refractivity contribution >= 4 is 17.5 Å². The summed E-state index contributed by atoms with van der Waals surface area (Å²) in [5, 5.41) is 9.65. The summed E-state index contributed by atoms with van der Waals surface area (Å²) in [4.78, 5) is 14.1. The summed E-state index contributed by atoms with van der Waals surface area (Å²) in [5.74, 6) is 0.627. The zero-order chi connectivity index (χ0) is 13.7. The molecule has 1 rings (SSSR count). The van der Waals surface area contributed by atoms with Crippen LogP contribution in [0.5, 0.6) is 5.75 Å². The maximum absolute atomic E-state index is 12.3. The Labute approximate surface area is 113 Å². The van der Waals surface area contributed by atoms with Gasteiger partial charge in [0.25, 0.3) is 5.91 Å².